The Bertz CT molecular complexity index is 1340. The van der Waals surface area contributed by atoms with Crippen molar-refractivity contribution in [3.63, 3.8) is 0 Å². The summed E-state index contributed by atoms with van der Waals surface area (Å²) in [6, 6.07) is 9.74. The summed E-state index contributed by atoms with van der Waals surface area (Å²) in [4.78, 5) is 29.4. The highest BCUT2D eigenvalue weighted by Gasteiger charge is 2.33. The van der Waals surface area contributed by atoms with Crippen LogP contribution in [0.15, 0.2) is 48.7 Å². The van der Waals surface area contributed by atoms with Crippen LogP contribution in [-0.4, -0.2) is 31.0 Å². The van der Waals surface area contributed by atoms with Gasteiger partial charge < -0.3 is 9.64 Å². The minimum Gasteiger partial charge on any atom is -0.465 e. The Labute approximate surface area is 196 Å². The van der Waals surface area contributed by atoms with Crippen molar-refractivity contribution in [2.24, 2.45) is 0 Å². The number of rotatable bonds is 4. The van der Waals surface area contributed by atoms with Gasteiger partial charge in [0.15, 0.2) is 0 Å². The van der Waals surface area contributed by atoms with Crippen LogP contribution in [0.3, 0.4) is 0 Å². The lowest BCUT2D eigenvalue weighted by atomic mass is 9.99. The van der Waals surface area contributed by atoms with E-state index in [1.807, 2.05) is 0 Å². The van der Waals surface area contributed by atoms with Crippen molar-refractivity contribution in [3.8, 4) is 17.2 Å². The zero-order valence-corrected chi connectivity index (χ0v) is 18.3. The minimum atomic E-state index is -4.76. The Hall–Kier alpha value is -3.97. The van der Waals surface area contributed by atoms with Crippen molar-refractivity contribution in [3.05, 3.63) is 81.9 Å². The van der Waals surface area contributed by atoms with Gasteiger partial charge in [0.25, 0.3) is 5.91 Å². The van der Waals surface area contributed by atoms with E-state index in [-0.39, 0.29) is 38.5 Å². The van der Waals surface area contributed by atoms with Gasteiger partial charge in [-0.1, -0.05) is 17.7 Å². The number of anilines is 1. The maximum Gasteiger partial charge on any atom is 0.433 e. The summed E-state index contributed by atoms with van der Waals surface area (Å²) >= 11 is 6.20. The normalized spacial score (nSPS) is 11.0. The van der Waals surface area contributed by atoms with Gasteiger partial charge in [-0.2, -0.15) is 18.4 Å². The number of nitriles is 1. The third-order valence-corrected chi connectivity index (χ3v) is 5.18. The molecule has 0 aliphatic carbocycles. The lowest BCUT2D eigenvalue weighted by molar-refractivity contribution is -0.141. The fourth-order valence-electron chi connectivity index (χ4n) is 3.21. The number of methoxy groups -OCH3 is 1. The van der Waals surface area contributed by atoms with Crippen LogP contribution in [0, 0.1) is 17.1 Å². The van der Waals surface area contributed by atoms with Crippen molar-refractivity contribution in [1.29, 1.82) is 5.26 Å². The number of carbonyl (C=O) groups is 2. The first kappa shape index (κ1) is 24.7. The Balaban J connectivity index is 2.09. The van der Waals surface area contributed by atoms with Gasteiger partial charge in [-0.05, 0) is 36.4 Å². The van der Waals surface area contributed by atoms with Gasteiger partial charge in [0, 0.05) is 35.0 Å². The summed E-state index contributed by atoms with van der Waals surface area (Å²) in [5.41, 5.74) is -2.13. The lowest BCUT2D eigenvalue weighted by Crippen LogP contribution is -2.29. The second-order valence-corrected chi connectivity index (χ2v) is 7.32. The molecule has 6 nitrogen and oxygen atoms in total. The summed E-state index contributed by atoms with van der Waals surface area (Å²) in [5.74, 6) is -2.47. The molecule has 1 aromatic heterocycles. The molecule has 0 spiro atoms. The number of aromatic nitrogens is 1. The predicted octanol–water partition coefficient (Wildman–Crippen LogP) is 5.49. The topological polar surface area (TPSA) is 83.3 Å². The number of hydrogen-bond donors (Lipinski definition) is 0. The highest BCUT2D eigenvalue weighted by Crippen LogP contribution is 2.35. The maximum absolute atomic E-state index is 14.6. The van der Waals surface area contributed by atoms with E-state index in [9.17, 15) is 32.4 Å². The summed E-state index contributed by atoms with van der Waals surface area (Å²) in [7, 11) is 2.34. The molecule has 0 saturated carbocycles. The van der Waals surface area contributed by atoms with Gasteiger partial charge in [0.1, 0.15) is 11.5 Å². The Morgan fingerprint density at radius 2 is 1.85 bits per heavy atom. The van der Waals surface area contributed by atoms with Crippen molar-refractivity contribution in [2.75, 3.05) is 19.1 Å². The molecule has 11 heteroatoms. The first-order valence-electron chi connectivity index (χ1n) is 9.41. The first-order chi connectivity index (χ1) is 16.0. The average Bonchev–Trinajstić information content (AvgIpc) is 2.81. The minimum absolute atomic E-state index is 0.0288. The lowest BCUT2D eigenvalue weighted by Gasteiger charge is -2.21. The molecule has 3 aromatic rings. The number of benzene rings is 2. The fourth-order valence-corrected chi connectivity index (χ4v) is 3.43. The standard InChI is InChI=1S/C23H14ClF4N3O3/c1-31(20-14(22(33)34-2)4-3-5-18(20)25)21(32)12-6-7-17(24)15(8-12)16-11-30-19(23(26,27)28)9-13(16)10-29/h3-9,11H,1-2H3. The summed E-state index contributed by atoms with van der Waals surface area (Å²) in [6.07, 6.45) is -3.92. The molecule has 0 saturated heterocycles. The molecule has 0 N–H and O–H groups in total. The number of amides is 1. The number of carbonyl (C=O) groups excluding carboxylic acids is 2. The van der Waals surface area contributed by atoms with Gasteiger partial charge in [-0.15, -0.1) is 0 Å². The van der Waals surface area contributed by atoms with Gasteiger partial charge in [-0.25, -0.2) is 9.18 Å². The number of pyridine rings is 1. The van der Waals surface area contributed by atoms with Crippen LogP contribution < -0.4 is 4.90 Å². The monoisotopic (exact) mass is 491 g/mol. The Morgan fingerprint density at radius 1 is 1.15 bits per heavy atom. The molecule has 1 heterocycles. The SMILES string of the molecule is COC(=O)c1cccc(F)c1N(C)C(=O)c1ccc(Cl)c(-c2cnc(C(F)(F)F)cc2C#N)c1. The zero-order chi connectivity index (χ0) is 25.2. The van der Waals surface area contributed by atoms with E-state index in [1.165, 1.54) is 37.4 Å². The van der Waals surface area contributed by atoms with Crippen LogP contribution in [-0.2, 0) is 10.9 Å². The second-order valence-electron chi connectivity index (χ2n) is 6.91. The molecule has 0 aliphatic rings. The molecule has 0 bridgehead atoms. The average molecular weight is 492 g/mol. The van der Waals surface area contributed by atoms with Crippen LogP contribution in [0.1, 0.15) is 32.0 Å². The molecule has 174 valence electrons. The summed E-state index contributed by atoms with van der Waals surface area (Å²) < 4.78 is 58.1. The van der Waals surface area contributed by atoms with E-state index in [0.29, 0.717) is 6.07 Å². The quantitative estimate of drug-likeness (QED) is 0.356. The smallest absolute Gasteiger partial charge is 0.433 e. The predicted molar refractivity (Wildman–Crippen MR) is 115 cm³/mol. The molecule has 3 rings (SSSR count). The molecule has 0 aliphatic heterocycles. The first-order valence-corrected chi connectivity index (χ1v) is 9.79. The molecule has 34 heavy (non-hydrogen) atoms. The number of ether oxygens (including phenoxy) is 1. The van der Waals surface area contributed by atoms with Crippen LogP contribution in [0.2, 0.25) is 5.02 Å². The molecule has 0 unspecified atom stereocenters. The van der Waals surface area contributed by atoms with Crippen molar-refractivity contribution in [2.45, 2.75) is 6.18 Å². The molecule has 0 radical (unpaired) electrons. The van der Waals surface area contributed by atoms with Gasteiger partial charge in [0.05, 0.1) is 30.0 Å². The number of alkyl halides is 3. The van der Waals surface area contributed by atoms with Crippen molar-refractivity contribution in [1.82, 2.24) is 4.98 Å². The molecule has 2 aromatic carbocycles. The van der Waals surface area contributed by atoms with Crippen LogP contribution in [0.5, 0.6) is 0 Å². The summed E-state index contributed by atoms with van der Waals surface area (Å²) in [6.45, 7) is 0. The number of para-hydroxylation sites is 1. The Kier molecular flexibility index (Phi) is 6.88. The highest BCUT2D eigenvalue weighted by molar-refractivity contribution is 6.33. The largest absolute Gasteiger partial charge is 0.465 e. The number of halogens is 5. The van der Waals surface area contributed by atoms with Gasteiger partial charge in [-0.3, -0.25) is 9.78 Å². The number of hydrogen-bond acceptors (Lipinski definition) is 5. The summed E-state index contributed by atoms with van der Waals surface area (Å²) in [5, 5.41) is 9.40. The van der Waals surface area contributed by atoms with E-state index in [4.69, 9.17) is 11.6 Å². The van der Waals surface area contributed by atoms with Crippen molar-refractivity contribution >= 4 is 29.2 Å². The molecule has 1 amide bonds. The van der Waals surface area contributed by atoms with E-state index < -0.39 is 29.6 Å². The molecule has 0 atom stereocenters. The third kappa shape index (κ3) is 4.70. The van der Waals surface area contributed by atoms with Crippen LogP contribution >= 0.6 is 11.6 Å². The Morgan fingerprint density at radius 3 is 2.47 bits per heavy atom. The van der Waals surface area contributed by atoms with E-state index >= 15 is 0 Å². The van der Waals surface area contributed by atoms with Crippen LogP contribution in [0.25, 0.3) is 11.1 Å². The van der Waals surface area contributed by atoms with E-state index in [2.05, 4.69) is 9.72 Å². The molecule has 0 fully saturated rings. The van der Waals surface area contributed by atoms with Gasteiger partial charge in [0.2, 0.25) is 0 Å². The molecular weight excluding hydrogens is 478 g/mol. The maximum atomic E-state index is 14.6. The van der Waals surface area contributed by atoms with E-state index in [0.717, 1.165) is 24.3 Å². The highest BCUT2D eigenvalue weighted by atomic mass is 35.5. The second kappa shape index (κ2) is 9.49. The van der Waals surface area contributed by atoms with Crippen LogP contribution in [0.4, 0.5) is 23.2 Å². The van der Waals surface area contributed by atoms with Crippen molar-refractivity contribution < 1.29 is 31.9 Å². The zero-order valence-electron chi connectivity index (χ0n) is 17.6. The number of esters is 1. The molecular formula is C23H14ClF4N3O3. The van der Waals surface area contributed by atoms with E-state index in [1.54, 1.807) is 6.07 Å². The third-order valence-electron chi connectivity index (χ3n) is 4.85. The fraction of sp³-hybridized carbons (Fsp3) is 0.130. The van der Waals surface area contributed by atoms with Gasteiger partial charge >= 0.3 is 12.1 Å². The number of nitrogens with zero attached hydrogens (tertiary/aromatic N) is 3.